The van der Waals surface area contributed by atoms with E-state index in [2.05, 4.69) is 17.3 Å². The molecule has 1 heterocycles. The number of rotatable bonds is 6. The Morgan fingerprint density at radius 3 is 2.63 bits per heavy atom. The molecule has 0 saturated heterocycles. The molecule has 1 saturated carbocycles. The average Bonchev–Trinajstić information content (AvgIpc) is 2.98. The van der Waals surface area contributed by atoms with E-state index in [1.54, 1.807) is 0 Å². The van der Waals surface area contributed by atoms with Gasteiger partial charge in [-0.2, -0.15) is 5.10 Å². The molecule has 1 aromatic heterocycles. The van der Waals surface area contributed by atoms with Crippen LogP contribution in [0.4, 0.5) is 0 Å². The maximum absolute atomic E-state index is 6.40. The van der Waals surface area contributed by atoms with Crippen molar-refractivity contribution in [3.05, 3.63) is 16.4 Å². The molecule has 0 aromatic carbocycles. The van der Waals surface area contributed by atoms with Gasteiger partial charge in [-0.1, -0.05) is 44.2 Å². The van der Waals surface area contributed by atoms with E-state index in [0.717, 1.165) is 36.1 Å². The molecule has 0 bridgehead atoms. The molecule has 1 aliphatic rings. The molecule has 1 atom stereocenters. The first-order valence-electron chi connectivity index (χ1n) is 7.52. The van der Waals surface area contributed by atoms with Crippen LogP contribution in [0.3, 0.4) is 0 Å². The van der Waals surface area contributed by atoms with Crippen molar-refractivity contribution in [2.45, 2.75) is 46.0 Å². The minimum atomic E-state index is 0.690. The van der Waals surface area contributed by atoms with Gasteiger partial charge in [0.15, 0.2) is 0 Å². The summed E-state index contributed by atoms with van der Waals surface area (Å²) in [5, 5.41) is 8.82. The summed E-state index contributed by atoms with van der Waals surface area (Å²) in [7, 11) is 2.01. The highest BCUT2D eigenvalue weighted by molar-refractivity contribution is 6.31. The SMILES string of the molecule is CCNCC(Cc1c(Cl)c(C)nn1C)C1CCCC1. The third-order valence-corrected chi connectivity index (χ3v) is 4.93. The van der Waals surface area contributed by atoms with Crippen molar-refractivity contribution in [3.63, 3.8) is 0 Å². The maximum Gasteiger partial charge on any atom is 0.0847 e. The second-order valence-electron chi connectivity index (χ2n) is 5.79. The van der Waals surface area contributed by atoms with Gasteiger partial charge in [0.25, 0.3) is 0 Å². The quantitative estimate of drug-likeness (QED) is 0.868. The van der Waals surface area contributed by atoms with Crippen LogP contribution in [0.15, 0.2) is 0 Å². The molecule has 0 aliphatic heterocycles. The van der Waals surface area contributed by atoms with Gasteiger partial charge in [-0.25, -0.2) is 0 Å². The van der Waals surface area contributed by atoms with E-state index in [0.29, 0.717) is 5.92 Å². The molecule has 3 nitrogen and oxygen atoms in total. The second kappa shape index (κ2) is 6.76. The minimum absolute atomic E-state index is 0.690. The van der Waals surface area contributed by atoms with Crippen LogP contribution >= 0.6 is 11.6 Å². The molecule has 1 N–H and O–H groups in total. The Morgan fingerprint density at radius 1 is 1.42 bits per heavy atom. The Morgan fingerprint density at radius 2 is 2.11 bits per heavy atom. The van der Waals surface area contributed by atoms with E-state index in [9.17, 15) is 0 Å². The average molecular weight is 284 g/mol. The molecular formula is C15H26ClN3. The summed E-state index contributed by atoms with van der Waals surface area (Å²) in [5.74, 6) is 1.54. The Labute approximate surface area is 121 Å². The first-order valence-corrected chi connectivity index (χ1v) is 7.90. The van der Waals surface area contributed by atoms with Gasteiger partial charge in [0, 0.05) is 7.05 Å². The first kappa shape index (κ1) is 14.9. The van der Waals surface area contributed by atoms with Crippen molar-refractivity contribution in [1.29, 1.82) is 0 Å². The third kappa shape index (κ3) is 3.51. The van der Waals surface area contributed by atoms with Gasteiger partial charge in [0.05, 0.1) is 16.4 Å². The molecule has 1 fully saturated rings. The van der Waals surface area contributed by atoms with Crippen LogP contribution in [0.1, 0.15) is 44.0 Å². The van der Waals surface area contributed by atoms with Crippen LogP contribution in [-0.2, 0) is 13.5 Å². The molecule has 1 aromatic rings. The maximum atomic E-state index is 6.40. The number of nitrogens with one attached hydrogen (secondary N) is 1. The normalized spacial score (nSPS) is 18.1. The summed E-state index contributed by atoms with van der Waals surface area (Å²) in [5.41, 5.74) is 2.15. The number of nitrogens with zero attached hydrogens (tertiary/aromatic N) is 2. The molecule has 19 heavy (non-hydrogen) atoms. The zero-order chi connectivity index (χ0) is 13.8. The zero-order valence-electron chi connectivity index (χ0n) is 12.4. The van der Waals surface area contributed by atoms with Crippen LogP contribution in [-0.4, -0.2) is 22.9 Å². The van der Waals surface area contributed by atoms with E-state index in [-0.39, 0.29) is 0 Å². The van der Waals surface area contributed by atoms with E-state index in [1.807, 2.05) is 18.7 Å². The van der Waals surface area contributed by atoms with Gasteiger partial charge >= 0.3 is 0 Å². The highest BCUT2D eigenvalue weighted by Crippen LogP contribution is 2.34. The predicted octanol–water partition coefficient (Wildman–Crippen LogP) is 3.34. The van der Waals surface area contributed by atoms with Crippen LogP contribution < -0.4 is 5.32 Å². The van der Waals surface area contributed by atoms with Crippen LogP contribution in [0.5, 0.6) is 0 Å². The van der Waals surface area contributed by atoms with Gasteiger partial charge < -0.3 is 5.32 Å². The predicted molar refractivity (Wildman–Crippen MR) is 80.7 cm³/mol. The Kier molecular flexibility index (Phi) is 5.28. The number of halogens is 1. The largest absolute Gasteiger partial charge is 0.317 e. The van der Waals surface area contributed by atoms with Gasteiger partial charge in [-0.05, 0) is 38.3 Å². The molecule has 1 unspecified atom stereocenters. The lowest BCUT2D eigenvalue weighted by molar-refractivity contribution is 0.318. The Hall–Kier alpha value is -0.540. The van der Waals surface area contributed by atoms with Crippen molar-refractivity contribution < 1.29 is 0 Å². The van der Waals surface area contributed by atoms with Crippen molar-refractivity contribution in [2.75, 3.05) is 13.1 Å². The van der Waals surface area contributed by atoms with Crippen molar-refractivity contribution in [3.8, 4) is 0 Å². The highest BCUT2D eigenvalue weighted by atomic mass is 35.5. The zero-order valence-corrected chi connectivity index (χ0v) is 13.1. The fourth-order valence-corrected chi connectivity index (χ4v) is 3.55. The molecule has 4 heteroatoms. The topological polar surface area (TPSA) is 29.9 Å². The molecule has 2 rings (SSSR count). The van der Waals surface area contributed by atoms with Gasteiger partial charge in [0.2, 0.25) is 0 Å². The fraction of sp³-hybridized carbons (Fsp3) is 0.800. The fourth-order valence-electron chi connectivity index (χ4n) is 3.31. The van der Waals surface area contributed by atoms with E-state index in [1.165, 1.54) is 31.4 Å². The number of aromatic nitrogens is 2. The van der Waals surface area contributed by atoms with E-state index < -0.39 is 0 Å². The van der Waals surface area contributed by atoms with Crippen LogP contribution in [0, 0.1) is 18.8 Å². The first-order chi connectivity index (χ1) is 9.13. The summed E-state index contributed by atoms with van der Waals surface area (Å²) < 4.78 is 1.96. The molecule has 0 spiro atoms. The lowest BCUT2D eigenvalue weighted by Crippen LogP contribution is -2.29. The van der Waals surface area contributed by atoms with Gasteiger partial charge in [0.1, 0.15) is 0 Å². The number of hydrogen-bond donors (Lipinski definition) is 1. The molecule has 1 aliphatic carbocycles. The minimum Gasteiger partial charge on any atom is -0.317 e. The number of hydrogen-bond acceptors (Lipinski definition) is 2. The summed E-state index contributed by atoms with van der Waals surface area (Å²) in [6.45, 7) is 6.30. The van der Waals surface area contributed by atoms with Gasteiger partial charge in [-0.3, -0.25) is 4.68 Å². The van der Waals surface area contributed by atoms with Crippen LogP contribution in [0.25, 0.3) is 0 Å². The van der Waals surface area contributed by atoms with Crippen molar-refractivity contribution >= 4 is 11.6 Å². The van der Waals surface area contributed by atoms with E-state index >= 15 is 0 Å². The van der Waals surface area contributed by atoms with Crippen molar-refractivity contribution in [2.24, 2.45) is 18.9 Å². The molecule has 0 amide bonds. The lowest BCUT2D eigenvalue weighted by atomic mass is 9.87. The Bertz CT molecular complexity index is 408. The van der Waals surface area contributed by atoms with E-state index in [4.69, 9.17) is 11.6 Å². The lowest BCUT2D eigenvalue weighted by Gasteiger charge is -2.24. The van der Waals surface area contributed by atoms with Crippen molar-refractivity contribution in [1.82, 2.24) is 15.1 Å². The second-order valence-corrected chi connectivity index (χ2v) is 6.16. The Balaban J connectivity index is 2.09. The summed E-state index contributed by atoms with van der Waals surface area (Å²) >= 11 is 6.40. The summed E-state index contributed by atoms with van der Waals surface area (Å²) in [4.78, 5) is 0. The highest BCUT2D eigenvalue weighted by Gasteiger charge is 2.27. The smallest absolute Gasteiger partial charge is 0.0847 e. The monoisotopic (exact) mass is 283 g/mol. The third-order valence-electron chi connectivity index (χ3n) is 4.44. The summed E-state index contributed by atoms with van der Waals surface area (Å²) in [6, 6.07) is 0. The van der Waals surface area contributed by atoms with Crippen LogP contribution in [0.2, 0.25) is 5.02 Å². The number of aryl methyl sites for hydroxylation is 2. The molecule has 108 valence electrons. The molecule has 0 radical (unpaired) electrons. The molecular weight excluding hydrogens is 258 g/mol. The van der Waals surface area contributed by atoms with Gasteiger partial charge in [-0.15, -0.1) is 0 Å². The standard InChI is InChI=1S/C15H26ClN3/c1-4-17-10-13(12-7-5-6-8-12)9-14-15(16)11(2)18-19(14)3/h12-13,17H,4-10H2,1-3H3. The summed E-state index contributed by atoms with van der Waals surface area (Å²) in [6.07, 6.45) is 6.60.